The topological polar surface area (TPSA) is 0 Å². The highest BCUT2D eigenvalue weighted by Gasteiger charge is 1.49. The number of hydrogen-bond donors (Lipinski definition) is 0. The average Bonchev–Trinajstić information content (AvgIpc) is 1.41. The average molecular weight is 65.1 g/mol. The van der Waals surface area contributed by atoms with E-state index in [9.17, 15) is 0 Å². The van der Waals surface area contributed by atoms with Gasteiger partial charge in [0, 0.05) is 0 Å². The molecule has 24 valence electrons. The molecule has 0 unspecified atom stereocenters. The summed E-state index contributed by atoms with van der Waals surface area (Å²) in [5.74, 6) is 0. The van der Waals surface area contributed by atoms with Crippen LogP contribution in [0.5, 0.6) is 0 Å². The van der Waals surface area contributed by atoms with Crippen molar-refractivity contribution in [3.63, 3.8) is 0 Å². The van der Waals surface area contributed by atoms with E-state index in [-0.39, 0.29) is 0 Å². The molecule has 0 bridgehead atoms. The summed E-state index contributed by atoms with van der Waals surface area (Å²) in [6.07, 6.45) is 2.59. The highest BCUT2D eigenvalue weighted by atomic mass is 13.4. The van der Waals surface area contributed by atoms with E-state index in [0.29, 0.717) is 0 Å². The first-order chi connectivity index (χ1) is 2.41. The Balaban J connectivity index is 3.75. The Morgan fingerprint density at radius 1 is 1.80 bits per heavy atom. The summed E-state index contributed by atoms with van der Waals surface area (Å²) in [5, 5.41) is 0. The fourth-order valence-electron chi connectivity index (χ4n) is 0.0884. The van der Waals surface area contributed by atoms with Crippen molar-refractivity contribution in [2.75, 3.05) is 0 Å². The van der Waals surface area contributed by atoms with E-state index in [0.717, 1.165) is 0 Å². The Bertz CT molecular complexity index is 78.2. The van der Waals surface area contributed by atoms with Gasteiger partial charge in [-0.1, -0.05) is 0 Å². The molecule has 0 aliphatic rings. The molecule has 0 radical (unpaired) electrons. The summed E-state index contributed by atoms with van der Waals surface area (Å²) < 4.78 is 0. The van der Waals surface area contributed by atoms with Crippen LogP contribution in [0.4, 0.5) is 0 Å². The minimum Gasteiger partial charge on any atom is 0.0571 e. The number of rotatable bonds is 0. The van der Waals surface area contributed by atoms with E-state index >= 15 is 0 Å². The predicted octanol–water partition coefficient (Wildman–Crippen LogP) is 1.31. The molecule has 0 amide bonds. The van der Waals surface area contributed by atoms with E-state index in [1.807, 2.05) is 0 Å². The molecular formula is C5H5+. The van der Waals surface area contributed by atoms with E-state index in [4.69, 9.17) is 0 Å². The highest BCUT2D eigenvalue weighted by Crippen LogP contribution is 1.47. The molecule has 0 N–H and O–H groups in total. The van der Waals surface area contributed by atoms with Crippen molar-refractivity contribution in [2.45, 2.75) is 6.92 Å². The first-order valence-electron chi connectivity index (χ1n) is 1.35. The fourth-order valence-corrected chi connectivity index (χ4v) is 0.0884. The molecule has 0 saturated carbocycles. The summed E-state index contributed by atoms with van der Waals surface area (Å²) in [6.45, 7) is 5.00. The lowest BCUT2D eigenvalue weighted by atomic mass is 10.7. The van der Waals surface area contributed by atoms with Crippen molar-refractivity contribution >= 4 is 0 Å². The SMILES string of the molecule is C=C=C=[C+]C. The van der Waals surface area contributed by atoms with Gasteiger partial charge in [0.1, 0.15) is 6.08 Å². The molecule has 0 aromatic carbocycles. The van der Waals surface area contributed by atoms with Crippen LogP contribution in [0.3, 0.4) is 0 Å². The largest absolute Gasteiger partial charge is 0.214 e. The van der Waals surface area contributed by atoms with Crippen molar-refractivity contribution in [1.82, 2.24) is 0 Å². The van der Waals surface area contributed by atoms with E-state index in [1.54, 1.807) is 6.92 Å². The van der Waals surface area contributed by atoms with Crippen LogP contribution >= 0.6 is 0 Å². The predicted molar refractivity (Wildman–Crippen MR) is 21.6 cm³/mol. The molecule has 0 nitrogen and oxygen atoms in total. The molecule has 0 aromatic rings. The summed E-state index contributed by atoms with van der Waals surface area (Å²) >= 11 is 0. The zero-order chi connectivity index (χ0) is 4.12. The van der Waals surface area contributed by atoms with Crippen LogP contribution in [0.25, 0.3) is 0 Å². The van der Waals surface area contributed by atoms with Crippen LogP contribution in [-0.2, 0) is 0 Å². The Hall–Kier alpha value is -0.790. The Morgan fingerprint density at radius 2 is 2.40 bits per heavy atom. The molecule has 0 heteroatoms. The summed E-state index contributed by atoms with van der Waals surface area (Å²) in [4.78, 5) is 0. The van der Waals surface area contributed by atoms with Gasteiger partial charge >= 0.3 is 0 Å². The van der Waals surface area contributed by atoms with Crippen LogP contribution in [0.2, 0.25) is 0 Å². The Kier molecular flexibility index (Phi) is 2.70. The molecule has 5 heavy (non-hydrogen) atoms. The third-order valence-electron chi connectivity index (χ3n) is 0.213. The molecule has 0 aliphatic carbocycles. The van der Waals surface area contributed by atoms with Gasteiger partial charge < -0.3 is 0 Å². The first-order valence-corrected chi connectivity index (χ1v) is 1.35. The van der Waals surface area contributed by atoms with E-state index in [1.165, 1.54) is 0 Å². The van der Waals surface area contributed by atoms with Gasteiger partial charge in [-0.05, 0) is 0 Å². The summed E-state index contributed by atoms with van der Waals surface area (Å²) in [7, 11) is 0. The zero-order valence-corrected chi connectivity index (χ0v) is 3.21. The number of allylic oxidation sites excluding steroid dienone is 1. The van der Waals surface area contributed by atoms with Gasteiger partial charge in [-0.2, -0.15) is 0 Å². The first kappa shape index (κ1) is 4.21. The van der Waals surface area contributed by atoms with Crippen LogP contribution in [0, 0.1) is 6.08 Å². The Labute approximate surface area is 32.1 Å². The van der Waals surface area contributed by atoms with Crippen molar-refractivity contribution in [3.8, 4) is 0 Å². The van der Waals surface area contributed by atoms with Crippen molar-refractivity contribution < 1.29 is 0 Å². The second-order valence-electron chi connectivity index (χ2n) is 0.552. The van der Waals surface area contributed by atoms with E-state index < -0.39 is 0 Å². The number of hydrogen-bond acceptors (Lipinski definition) is 0. The normalized spacial score (nSPS) is 3.40. The second kappa shape index (κ2) is 3.21. The lowest BCUT2D eigenvalue weighted by Crippen LogP contribution is -1.22. The second-order valence-corrected chi connectivity index (χ2v) is 0.552. The molecule has 0 aliphatic heterocycles. The molecule has 0 heterocycles. The van der Waals surface area contributed by atoms with Gasteiger partial charge in [-0.3, -0.25) is 0 Å². The molecule has 0 aromatic heterocycles. The van der Waals surface area contributed by atoms with Gasteiger partial charge in [0.25, 0.3) is 0 Å². The molecule has 0 rings (SSSR count). The van der Waals surface area contributed by atoms with Crippen LogP contribution < -0.4 is 0 Å². The van der Waals surface area contributed by atoms with Crippen LogP contribution in [0.1, 0.15) is 6.92 Å². The van der Waals surface area contributed by atoms with Crippen molar-refractivity contribution in [2.24, 2.45) is 0 Å². The van der Waals surface area contributed by atoms with E-state index in [2.05, 4.69) is 24.1 Å². The zero-order valence-electron chi connectivity index (χ0n) is 3.21. The molecular weight excluding hydrogens is 60.1 g/mol. The highest BCUT2D eigenvalue weighted by molar-refractivity contribution is 4.69. The van der Waals surface area contributed by atoms with Crippen molar-refractivity contribution in [3.05, 3.63) is 24.1 Å². The van der Waals surface area contributed by atoms with Gasteiger partial charge in [-0.15, -0.1) is 0 Å². The maximum absolute atomic E-state index is 3.25. The Morgan fingerprint density at radius 3 is 2.40 bits per heavy atom. The van der Waals surface area contributed by atoms with Crippen LogP contribution in [-0.4, -0.2) is 0 Å². The minimum absolute atomic E-state index is 1.75. The summed E-state index contributed by atoms with van der Waals surface area (Å²) in [6, 6.07) is 0. The van der Waals surface area contributed by atoms with Crippen LogP contribution in [0.15, 0.2) is 18.0 Å². The molecule has 0 fully saturated rings. The third kappa shape index (κ3) is 3.21. The minimum atomic E-state index is 1.75. The summed E-state index contributed by atoms with van der Waals surface area (Å²) in [5.41, 5.74) is 4.91. The van der Waals surface area contributed by atoms with Gasteiger partial charge in [-0.25, -0.2) is 0 Å². The molecule has 0 atom stereocenters. The fraction of sp³-hybridized carbons (Fsp3) is 0.200. The maximum atomic E-state index is 3.25. The third-order valence-corrected chi connectivity index (χ3v) is 0.213. The molecule has 0 spiro atoms. The monoisotopic (exact) mass is 65.0 g/mol. The smallest absolute Gasteiger partial charge is 0.0571 e. The van der Waals surface area contributed by atoms with Gasteiger partial charge in [0.15, 0.2) is 5.73 Å². The maximum Gasteiger partial charge on any atom is 0.214 e. The quantitative estimate of drug-likeness (QED) is 0.295. The van der Waals surface area contributed by atoms with Crippen molar-refractivity contribution in [1.29, 1.82) is 0 Å². The molecule has 0 saturated heterocycles. The lowest BCUT2D eigenvalue weighted by molar-refractivity contribution is 1.69. The van der Waals surface area contributed by atoms with Gasteiger partial charge in [0.2, 0.25) is 5.73 Å². The van der Waals surface area contributed by atoms with Gasteiger partial charge in [0.05, 0.1) is 13.5 Å². The lowest BCUT2D eigenvalue weighted by Gasteiger charge is -1.20. The standard InChI is InChI=1S/C5H5/c1-3-5-4-2/h1H2,2H3/q+1.